The van der Waals surface area contributed by atoms with Crippen molar-refractivity contribution in [3.8, 4) is 0 Å². The fraction of sp³-hybridized carbons (Fsp3) is 0.909. The molecule has 106 valence electrons. The number of amides is 1. The minimum Gasteiger partial charge on any atom is -0.394 e. The Balaban J connectivity index is 2.86. The second-order valence-corrected chi connectivity index (χ2v) is 7.74. The molecule has 1 N–H and O–H groups in total. The number of carbonyl (C=O) groups excluding carboxylic acids is 1. The van der Waals surface area contributed by atoms with E-state index in [1.807, 2.05) is 0 Å². The molecule has 0 aliphatic carbocycles. The van der Waals surface area contributed by atoms with E-state index in [1.54, 1.807) is 13.8 Å². The SMILES string of the molecule is CC(C(=O)N1CC(CO)OC(C)(C)C1)S(C)(=O)=O. The van der Waals surface area contributed by atoms with Gasteiger partial charge in [0.05, 0.1) is 18.3 Å². The Morgan fingerprint density at radius 3 is 2.56 bits per heavy atom. The topological polar surface area (TPSA) is 83.9 Å². The van der Waals surface area contributed by atoms with E-state index in [-0.39, 0.29) is 13.2 Å². The van der Waals surface area contributed by atoms with E-state index < -0.39 is 32.7 Å². The number of hydrogen-bond donors (Lipinski definition) is 1. The number of aliphatic hydroxyl groups is 1. The number of sulfone groups is 1. The summed E-state index contributed by atoms with van der Waals surface area (Å²) in [5.41, 5.74) is -0.585. The van der Waals surface area contributed by atoms with E-state index in [0.717, 1.165) is 6.26 Å². The van der Waals surface area contributed by atoms with Crippen molar-refractivity contribution in [2.24, 2.45) is 0 Å². The zero-order chi connectivity index (χ0) is 14.1. The lowest BCUT2D eigenvalue weighted by Crippen LogP contribution is -2.57. The Bertz CT molecular complexity index is 417. The van der Waals surface area contributed by atoms with Gasteiger partial charge in [0.15, 0.2) is 9.84 Å². The van der Waals surface area contributed by atoms with E-state index in [4.69, 9.17) is 9.84 Å². The number of nitrogens with zero attached hydrogens (tertiary/aromatic N) is 1. The smallest absolute Gasteiger partial charge is 0.240 e. The number of rotatable bonds is 3. The lowest BCUT2D eigenvalue weighted by molar-refractivity contribution is -0.166. The molecule has 0 bridgehead atoms. The number of morpholine rings is 1. The van der Waals surface area contributed by atoms with Crippen LogP contribution in [0.5, 0.6) is 0 Å². The standard InChI is InChI=1S/C11H21NO5S/c1-8(18(4,15)16)10(14)12-5-9(6-13)17-11(2,3)7-12/h8-9,13H,5-7H2,1-4H3. The normalized spacial score (nSPS) is 25.8. The third-order valence-corrected chi connectivity index (χ3v) is 4.47. The van der Waals surface area contributed by atoms with Gasteiger partial charge in [-0.1, -0.05) is 0 Å². The highest BCUT2D eigenvalue weighted by molar-refractivity contribution is 7.92. The van der Waals surface area contributed by atoms with Gasteiger partial charge < -0.3 is 14.7 Å². The lowest BCUT2D eigenvalue weighted by atomic mass is 10.0. The van der Waals surface area contributed by atoms with Gasteiger partial charge in [0.2, 0.25) is 5.91 Å². The van der Waals surface area contributed by atoms with Crippen molar-refractivity contribution in [2.75, 3.05) is 26.0 Å². The number of hydrogen-bond acceptors (Lipinski definition) is 5. The fourth-order valence-corrected chi connectivity index (χ4v) is 2.51. The monoisotopic (exact) mass is 279 g/mol. The second-order valence-electron chi connectivity index (χ2n) is 5.37. The zero-order valence-corrected chi connectivity index (χ0v) is 12.0. The molecule has 1 aliphatic heterocycles. The van der Waals surface area contributed by atoms with Crippen LogP contribution in [-0.4, -0.2) is 67.2 Å². The third kappa shape index (κ3) is 3.66. The molecule has 18 heavy (non-hydrogen) atoms. The highest BCUT2D eigenvalue weighted by Crippen LogP contribution is 2.22. The van der Waals surface area contributed by atoms with Crippen molar-refractivity contribution >= 4 is 15.7 Å². The molecule has 0 radical (unpaired) electrons. The van der Waals surface area contributed by atoms with Crippen LogP contribution in [0.4, 0.5) is 0 Å². The molecule has 1 aliphatic rings. The number of carbonyl (C=O) groups is 1. The van der Waals surface area contributed by atoms with Gasteiger partial charge in [0, 0.05) is 19.3 Å². The first-order valence-corrected chi connectivity index (χ1v) is 7.78. The van der Waals surface area contributed by atoms with Crippen molar-refractivity contribution in [3.05, 3.63) is 0 Å². The van der Waals surface area contributed by atoms with Gasteiger partial charge in [0.25, 0.3) is 0 Å². The average Bonchev–Trinajstić information content (AvgIpc) is 2.23. The molecule has 2 atom stereocenters. The summed E-state index contributed by atoms with van der Waals surface area (Å²) in [6, 6.07) is 0. The summed E-state index contributed by atoms with van der Waals surface area (Å²) in [4.78, 5) is 13.6. The Morgan fingerprint density at radius 2 is 2.11 bits per heavy atom. The maximum atomic E-state index is 12.1. The van der Waals surface area contributed by atoms with Crippen LogP contribution in [-0.2, 0) is 19.4 Å². The van der Waals surface area contributed by atoms with Crippen LogP contribution in [0, 0.1) is 0 Å². The maximum absolute atomic E-state index is 12.1. The Kier molecular flexibility index (Phi) is 4.40. The molecule has 0 spiro atoms. The number of aliphatic hydroxyl groups excluding tert-OH is 1. The summed E-state index contributed by atoms with van der Waals surface area (Å²) in [6.45, 7) is 5.34. The van der Waals surface area contributed by atoms with Crippen LogP contribution in [0.25, 0.3) is 0 Å². The van der Waals surface area contributed by atoms with Crippen molar-refractivity contribution in [2.45, 2.75) is 37.7 Å². The van der Waals surface area contributed by atoms with Crippen molar-refractivity contribution in [3.63, 3.8) is 0 Å². The highest BCUT2D eigenvalue weighted by Gasteiger charge is 2.38. The molecule has 6 nitrogen and oxygen atoms in total. The first-order chi connectivity index (χ1) is 8.07. The van der Waals surface area contributed by atoms with Crippen molar-refractivity contribution in [1.29, 1.82) is 0 Å². The summed E-state index contributed by atoms with van der Waals surface area (Å²) in [6.07, 6.45) is 0.578. The van der Waals surface area contributed by atoms with Crippen molar-refractivity contribution < 1.29 is 23.1 Å². The summed E-state index contributed by atoms with van der Waals surface area (Å²) in [5.74, 6) is -0.438. The molecule has 2 unspecified atom stereocenters. The van der Waals surface area contributed by atoms with Gasteiger partial charge in [-0.15, -0.1) is 0 Å². The van der Waals surface area contributed by atoms with Crippen LogP contribution in [0.3, 0.4) is 0 Å². The molecular formula is C11H21NO5S. The molecule has 1 amide bonds. The molecule has 0 aromatic rings. The van der Waals surface area contributed by atoms with Gasteiger partial charge in [-0.25, -0.2) is 8.42 Å². The first-order valence-electron chi connectivity index (χ1n) is 5.83. The molecule has 7 heteroatoms. The van der Waals surface area contributed by atoms with Crippen LogP contribution in [0.2, 0.25) is 0 Å². The van der Waals surface area contributed by atoms with E-state index in [2.05, 4.69) is 0 Å². The molecule has 1 rings (SSSR count). The van der Waals surface area contributed by atoms with E-state index in [0.29, 0.717) is 6.54 Å². The second kappa shape index (κ2) is 5.14. The fourth-order valence-electron chi connectivity index (χ4n) is 2.00. The average molecular weight is 279 g/mol. The van der Waals surface area contributed by atoms with Crippen LogP contribution < -0.4 is 0 Å². The predicted molar refractivity (Wildman–Crippen MR) is 66.9 cm³/mol. The quantitative estimate of drug-likeness (QED) is 0.747. The Labute approximate surface area is 108 Å². The van der Waals surface area contributed by atoms with Gasteiger partial charge in [-0.05, 0) is 20.8 Å². The largest absolute Gasteiger partial charge is 0.394 e. The van der Waals surface area contributed by atoms with Gasteiger partial charge in [-0.3, -0.25) is 4.79 Å². The van der Waals surface area contributed by atoms with E-state index in [9.17, 15) is 13.2 Å². The summed E-state index contributed by atoms with van der Waals surface area (Å²) >= 11 is 0. The predicted octanol–water partition coefficient (Wildman–Crippen LogP) is -0.582. The zero-order valence-electron chi connectivity index (χ0n) is 11.2. The van der Waals surface area contributed by atoms with E-state index >= 15 is 0 Å². The molecular weight excluding hydrogens is 258 g/mol. The van der Waals surface area contributed by atoms with Crippen LogP contribution in [0.1, 0.15) is 20.8 Å². The van der Waals surface area contributed by atoms with Gasteiger partial charge in [0.1, 0.15) is 5.25 Å². The van der Waals surface area contributed by atoms with E-state index in [1.165, 1.54) is 11.8 Å². The number of ether oxygens (including phenoxy) is 1. The molecule has 0 aromatic carbocycles. The molecule has 0 saturated carbocycles. The lowest BCUT2D eigenvalue weighted by Gasteiger charge is -2.42. The van der Waals surface area contributed by atoms with Crippen molar-refractivity contribution in [1.82, 2.24) is 4.90 Å². The summed E-state index contributed by atoms with van der Waals surface area (Å²) in [7, 11) is -3.41. The first kappa shape index (κ1) is 15.4. The molecule has 1 heterocycles. The third-order valence-electron chi connectivity index (χ3n) is 2.99. The Morgan fingerprint density at radius 1 is 1.56 bits per heavy atom. The maximum Gasteiger partial charge on any atom is 0.240 e. The minimum atomic E-state index is -3.41. The van der Waals surface area contributed by atoms with Crippen LogP contribution in [0.15, 0.2) is 0 Å². The summed E-state index contributed by atoms with van der Waals surface area (Å²) in [5, 5.41) is 8.08. The van der Waals surface area contributed by atoms with Crippen LogP contribution >= 0.6 is 0 Å². The minimum absolute atomic E-state index is 0.194. The van der Waals surface area contributed by atoms with Gasteiger partial charge >= 0.3 is 0 Å². The molecule has 1 saturated heterocycles. The van der Waals surface area contributed by atoms with Gasteiger partial charge in [-0.2, -0.15) is 0 Å². The highest BCUT2D eigenvalue weighted by atomic mass is 32.2. The molecule has 1 fully saturated rings. The summed E-state index contributed by atoms with van der Waals surface area (Å²) < 4.78 is 28.4. The molecule has 0 aromatic heterocycles. The Hall–Kier alpha value is -0.660.